The van der Waals surface area contributed by atoms with Crippen LogP contribution in [-0.4, -0.2) is 88.9 Å². The highest BCUT2D eigenvalue weighted by Crippen LogP contribution is 2.36. The van der Waals surface area contributed by atoms with Crippen LogP contribution in [0.4, 0.5) is 23.1 Å². The van der Waals surface area contributed by atoms with Crippen molar-refractivity contribution in [3.05, 3.63) is 34.6 Å². The molecule has 0 bridgehead atoms. The average Bonchev–Trinajstić information content (AvgIpc) is 3.61. The molecule has 0 spiro atoms. The topological polar surface area (TPSA) is 131 Å². The summed E-state index contributed by atoms with van der Waals surface area (Å²) in [6.07, 6.45) is 6.31. The van der Waals surface area contributed by atoms with Gasteiger partial charge in [0.1, 0.15) is 5.69 Å². The summed E-state index contributed by atoms with van der Waals surface area (Å²) in [6, 6.07) is 4.50. The molecule has 2 aromatic heterocycles. The van der Waals surface area contributed by atoms with Gasteiger partial charge in [0, 0.05) is 57.8 Å². The molecule has 1 atom stereocenters. The first-order valence-electron chi connectivity index (χ1n) is 12.1. The molecule has 1 aliphatic carbocycles. The predicted octanol–water partition coefficient (Wildman–Crippen LogP) is 3.25. The fraction of sp³-hybridized carbons (Fsp3) is 0.458. The molecule has 190 valence electrons. The van der Waals surface area contributed by atoms with Crippen LogP contribution in [0.15, 0.2) is 18.3 Å². The largest absolute Gasteiger partial charge is 0.383 e. The number of halogens is 1. The number of imidazole rings is 1. The van der Waals surface area contributed by atoms with Crippen LogP contribution < -0.4 is 15.5 Å². The standard InChI is InChI=1S/C24H31ClN10O/c1-15(14-36-2)33-5-7-34(8-6-33)20-10-16(11-26)9-19(21(20)25)30-24-31-22(29-17-3-4-17)23-28-13-18(12-27)35(23)32-24/h9-13,15,17,26-27H,3-8,14H2,1-2H3,(H2,29,30,31,32). The molecule has 1 saturated carbocycles. The van der Waals surface area contributed by atoms with Gasteiger partial charge in [0.2, 0.25) is 5.95 Å². The van der Waals surface area contributed by atoms with Crippen molar-refractivity contribution in [2.75, 3.05) is 55.4 Å². The highest BCUT2D eigenvalue weighted by Gasteiger charge is 2.26. The number of aromatic nitrogens is 4. The van der Waals surface area contributed by atoms with Crippen molar-refractivity contribution in [1.82, 2.24) is 24.5 Å². The zero-order chi connectivity index (χ0) is 25.2. The number of piperazine rings is 1. The van der Waals surface area contributed by atoms with Crippen LogP contribution in [-0.2, 0) is 4.74 Å². The minimum atomic E-state index is 0.333. The van der Waals surface area contributed by atoms with E-state index in [-0.39, 0.29) is 0 Å². The molecule has 4 N–H and O–H groups in total. The Morgan fingerprint density at radius 1 is 1.19 bits per heavy atom. The van der Waals surface area contributed by atoms with Gasteiger partial charge >= 0.3 is 0 Å². The van der Waals surface area contributed by atoms with Crippen molar-refractivity contribution in [2.45, 2.75) is 31.8 Å². The molecule has 0 amide bonds. The minimum Gasteiger partial charge on any atom is -0.383 e. The second-order valence-electron chi connectivity index (χ2n) is 9.26. The van der Waals surface area contributed by atoms with Gasteiger partial charge in [-0.2, -0.15) is 4.98 Å². The van der Waals surface area contributed by atoms with Crippen LogP contribution in [0.2, 0.25) is 5.02 Å². The maximum Gasteiger partial charge on any atom is 0.247 e. The Labute approximate surface area is 214 Å². The molecule has 1 aromatic carbocycles. The number of fused-ring (bicyclic) bond motifs is 1. The Hall–Kier alpha value is -3.28. The Bertz CT molecular complexity index is 1270. The van der Waals surface area contributed by atoms with Crippen molar-refractivity contribution in [3.8, 4) is 0 Å². The van der Waals surface area contributed by atoms with Crippen LogP contribution >= 0.6 is 11.6 Å². The zero-order valence-corrected chi connectivity index (χ0v) is 21.2. The highest BCUT2D eigenvalue weighted by molar-refractivity contribution is 6.36. The molecule has 1 saturated heterocycles. The van der Waals surface area contributed by atoms with E-state index >= 15 is 0 Å². The van der Waals surface area contributed by atoms with Gasteiger partial charge in [0.25, 0.3) is 0 Å². The van der Waals surface area contributed by atoms with E-state index in [4.69, 9.17) is 27.2 Å². The molecule has 12 heteroatoms. The summed E-state index contributed by atoms with van der Waals surface area (Å²) < 4.78 is 6.92. The van der Waals surface area contributed by atoms with E-state index in [2.05, 4.69) is 42.4 Å². The summed E-state index contributed by atoms with van der Waals surface area (Å²) in [5.74, 6) is 0.948. The molecule has 11 nitrogen and oxygen atoms in total. The third kappa shape index (κ3) is 4.99. The van der Waals surface area contributed by atoms with Gasteiger partial charge in [-0.25, -0.2) is 9.50 Å². The van der Waals surface area contributed by atoms with Gasteiger partial charge in [-0.1, -0.05) is 11.6 Å². The number of anilines is 4. The van der Waals surface area contributed by atoms with Crippen molar-refractivity contribution in [2.24, 2.45) is 0 Å². The third-order valence-electron chi connectivity index (χ3n) is 6.63. The zero-order valence-electron chi connectivity index (χ0n) is 20.5. The van der Waals surface area contributed by atoms with Crippen molar-refractivity contribution in [1.29, 1.82) is 10.8 Å². The van der Waals surface area contributed by atoms with E-state index in [1.807, 2.05) is 12.1 Å². The van der Waals surface area contributed by atoms with Gasteiger partial charge in [-0.15, -0.1) is 5.10 Å². The van der Waals surface area contributed by atoms with Crippen LogP contribution in [0.5, 0.6) is 0 Å². The number of nitrogens with zero attached hydrogens (tertiary/aromatic N) is 6. The molecule has 1 unspecified atom stereocenters. The van der Waals surface area contributed by atoms with Gasteiger partial charge in [-0.05, 0) is 37.5 Å². The number of ether oxygens (including phenoxy) is 1. The summed E-state index contributed by atoms with van der Waals surface area (Å²) in [6.45, 7) is 6.34. The van der Waals surface area contributed by atoms with E-state index < -0.39 is 0 Å². The van der Waals surface area contributed by atoms with Crippen molar-refractivity contribution in [3.63, 3.8) is 0 Å². The molecular formula is C24H31ClN10O. The first-order chi connectivity index (χ1) is 17.5. The van der Waals surface area contributed by atoms with E-state index in [9.17, 15) is 0 Å². The quantitative estimate of drug-likeness (QED) is 0.306. The fourth-order valence-electron chi connectivity index (χ4n) is 4.47. The van der Waals surface area contributed by atoms with Crippen molar-refractivity contribution >= 4 is 52.8 Å². The lowest BCUT2D eigenvalue weighted by Gasteiger charge is -2.39. The molecule has 5 rings (SSSR count). The average molecular weight is 511 g/mol. The summed E-state index contributed by atoms with van der Waals surface area (Å²) in [5.41, 5.74) is 3.35. The summed E-state index contributed by atoms with van der Waals surface area (Å²) in [7, 11) is 1.73. The number of rotatable bonds is 10. The van der Waals surface area contributed by atoms with Crippen molar-refractivity contribution < 1.29 is 4.74 Å². The lowest BCUT2D eigenvalue weighted by atomic mass is 10.1. The number of hydrogen-bond donors (Lipinski definition) is 4. The predicted molar refractivity (Wildman–Crippen MR) is 143 cm³/mol. The molecule has 3 aromatic rings. The second kappa shape index (κ2) is 10.4. The monoisotopic (exact) mass is 510 g/mol. The smallest absolute Gasteiger partial charge is 0.247 e. The van der Waals surface area contributed by atoms with E-state index in [1.165, 1.54) is 12.4 Å². The third-order valence-corrected chi connectivity index (χ3v) is 7.03. The van der Waals surface area contributed by atoms with Gasteiger partial charge in [0.15, 0.2) is 11.5 Å². The van der Waals surface area contributed by atoms with Gasteiger partial charge in [-0.3, -0.25) is 4.90 Å². The van der Waals surface area contributed by atoms with Crippen LogP contribution in [0.1, 0.15) is 31.0 Å². The Morgan fingerprint density at radius 3 is 2.64 bits per heavy atom. The maximum absolute atomic E-state index is 7.88. The number of benzene rings is 1. The van der Waals surface area contributed by atoms with E-state index in [0.717, 1.165) is 50.3 Å². The lowest BCUT2D eigenvalue weighted by molar-refractivity contribution is 0.0953. The first kappa shape index (κ1) is 24.4. The Morgan fingerprint density at radius 2 is 1.97 bits per heavy atom. The lowest BCUT2D eigenvalue weighted by Crippen LogP contribution is -2.50. The first-order valence-corrected chi connectivity index (χ1v) is 12.5. The van der Waals surface area contributed by atoms with Crippen LogP contribution in [0.3, 0.4) is 0 Å². The normalized spacial score (nSPS) is 17.2. The summed E-state index contributed by atoms with van der Waals surface area (Å²) in [4.78, 5) is 13.7. The molecular weight excluding hydrogens is 480 g/mol. The fourth-order valence-corrected chi connectivity index (χ4v) is 4.75. The minimum absolute atomic E-state index is 0.333. The van der Waals surface area contributed by atoms with Crippen LogP contribution in [0.25, 0.3) is 5.65 Å². The molecule has 3 heterocycles. The van der Waals surface area contributed by atoms with E-state index in [1.54, 1.807) is 17.8 Å². The molecule has 36 heavy (non-hydrogen) atoms. The van der Waals surface area contributed by atoms with E-state index in [0.29, 0.717) is 52.5 Å². The maximum atomic E-state index is 7.88. The number of hydrogen-bond acceptors (Lipinski definition) is 10. The molecule has 0 radical (unpaired) electrons. The summed E-state index contributed by atoms with van der Waals surface area (Å²) in [5, 5.41) is 27.4. The Balaban J connectivity index is 1.44. The highest BCUT2D eigenvalue weighted by atomic mass is 35.5. The number of methoxy groups -OCH3 is 1. The second-order valence-corrected chi connectivity index (χ2v) is 9.64. The van der Waals surface area contributed by atoms with Gasteiger partial charge < -0.3 is 31.1 Å². The molecule has 1 aliphatic heterocycles. The summed E-state index contributed by atoms with van der Waals surface area (Å²) >= 11 is 6.92. The Kier molecular flexibility index (Phi) is 7.04. The molecule has 2 aliphatic rings. The molecule has 2 fully saturated rings. The number of nitrogens with one attached hydrogen (secondary N) is 4. The van der Waals surface area contributed by atoms with Gasteiger partial charge in [0.05, 0.1) is 29.2 Å². The SMILES string of the molecule is COCC(C)N1CCN(c2cc(C=N)cc(Nc3nc(NC4CC4)c4ncc(C=N)n4n3)c2Cl)CC1. The van der Waals surface area contributed by atoms with Crippen LogP contribution in [0, 0.1) is 10.8 Å².